The van der Waals surface area contributed by atoms with E-state index in [1.54, 1.807) is 0 Å². The molecular formula is C17H29IN4S. The van der Waals surface area contributed by atoms with E-state index in [0.717, 1.165) is 32.1 Å². The Bertz CT molecular complexity index is 458. The highest BCUT2D eigenvalue weighted by atomic mass is 127. The van der Waals surface area contributed by atoms with E-state index in [-0.39, 0.29) is 24.0 Å². The molecule has 1 fully saturated rings. The lowest BCUT2D eigenvalue weighted by atomic mass is 10.2. The van der Waals surface area contributed by atoms with Crippen LogP contribution in [0.3, 0.4) is 0 Å². The van der Waals surface area contributed by atoms with Gasteiger partial charge in [-0.3, -0.25) is 4.99 Å². The van der Waals surface area contributed by atoms with E-state index < -0.39 is 0 Å². The summed E-state index contributed by atoms with van der Waals surface area (Å²) < 4.78 is 0. The average Bonchev–Trinajstić information content (AvgIpc) is 2.59. The summed E-state index contributed by atoms with van der Waals surface area (Å²) in [6.45, 7) is 6.30. The Morgan fingerprint density at radius 2 is 1.87 bits per heavy atom. The molecule has 0 amide bonds. The third kappa shape index (κ3) is 7.20. The zero-order chi connectivity index (χ0) is 15.6. The monoisotopic (exact) mass is 448 g/mol. The lowest BCUT2D eigenvalue weighted by Gasteiger charge is -2.28. The van der Waals surface area contributed by atoms with Gasteiger partial charge < -0.3 is 15.5 Å². The van der Waals surface area contributed by atoms with Gasteiger partial charge in [-0.05, 0) is 24.1 Å². The second-order valence-corrected chi connectivity index (χ2v) is 6.70. The molecule has 1 aromatic carbocycles. The molecule has 130 valence electrons. The van der Waals surface area contributed by atoms with Gasteiger partial charge in [-0.25, -0.2) is 0 Å². The fourth-order valence-corrected chi connectivity index (χ4v) is 3.34. The van der Waals surface area contributed by atoms with Gasteiger partial charge in [-0.15, -0.1) is 24.0 Å². The number of benzene rings is 1. The number of anilines is 1. The quantitative estimate of drug-likeness (QED) is 0.303. The number of hydrogen-bond acceptors (Lipinski definition) is 3. The molecular weight excluding hydrogens is 419 g/mol. The van der Waals surface area contributed by atoms with Crippen LogP contribution in [-0.4, -0.2) is 44.1 Å². The molecule has 6 heteroatoms. The molecule has 2 N–H and O–H groups in total. The van der Waals surface area contributed by atoms with Crippen molar-refractivity contribution in [1.29, 1.82) is 0 Å². The number of nitrogens with zero attached hydrogens (tertiary/aromatic N) is 2. The summed E-state index contributed by atoms with van der Waals surface area (Å²) >= 11 is 2.05. The minimum atomic E-state index is 0. The Kier molecular flexibility index (Phi) is 10.5. The van der Waals surface area contributed by atoms with Crippen LogP contribution in [0.1, 0.15) is 25.3 Å². The first-order valence-electron chi connectivity index (χ1n) is 8.19. The molecule has 1 aliphatic rings. The summed E-state index contributed by atoms with van der Waals surface area (Å²) in [5, 5.41) is 6.70. The Hall–Kier alpha value is -0.630. The van der Waals surface area contributed by atoms with Crippen LogP contribution in [-0.2, 0) is 6.54 Å². The first-order chi connectivity index (χ1) is 10.8. The Labute approximate surface area is 161 Å². The lowest BCUT2D eigenvalue weighted by Crippen LogP contribution is -2.37. The number of thioether (sulfide) groups is 1. The molecule has 4 nitrogen and oxygen atoms in total. The van der Waals surface area contributed by atoms with Crippen molar-refractivity contribution in [2.45, 2.75) is 26.3 Å². The van der Waals surface area contributed by atoms with Crippen LogP contribution >= 0.6 is 35.7 Å². The Balaban J connectivity index is 0.00000264. The van der Waals surface area contributed by atoms with Crippen LogP contribution in [0.2, 0.25) is 0 Å². The maximum Gasteiger partial charge on any atom is 0.191 e. The van der Waals surface area contributed by atoms with E-state index in [0.29, 0.717) is 0 Å². The third-order valence-electron chi connectivity index (χ3n) is 3.82. The molecule has 2 rings (SSSR count). The molecule has 0 saturated carbocycles. The molecule has 0 spiro atoms. The number of unbranched alkanes of at least 4 members (excludes halogenated alkanes) is 1. The first kappa shape index (κ1) is 20.4. The molecule has 23 heavy (non-hydrogen) atoms. The molecule has 0 unspecified atom stereocenters. The molecule has 1 heterocycles. The van der Waals surface area contributed by atoms with Crippen molar-refractivity contribution in [1.82, 2.24) is 10.6 Å². The summed E-state index contributed by atoms with van der Waals surface area (Å²) in [7, 11) is 1.82. The summed E-state index contributed by atoms with van der Waals surface area (Å²) in [5.74, 6) is 3.36. The number of guanidine groups is 1. The van der Waals surface area contributed by atoms with E-state index in [4.69, 9.17) is 0 Å². The van der Waals surface area contributed by atoms with Crippen LogP contribution in [0.25, 0.3) is 0 Å². The average molecular weight is 448 g/mol. The third-order valence-corrected chi connectivity index (χ3v) is 4.76. The van der Waals surface area contributed by atoms with Gasteiger partial charge >= 0.3 is 0 Å². The van der Waals surface area contributed by atoms with Gasteiger partial charge in [0, 0.05) is 50.4 Å². The van der Waals surface area contributed by atoms with Crippen molar-refractivity contribution < 1.29 is 0 Å². The van der Waals surface area contributed by atoms with Gasteiger partial charge in [0.25, 0.3) is 0 Å². The molecule has 1 aliphatic heterocycles. The van der Waals surface area contributed by atoms with Gasteiger partial charge in [0.05, 0.1) is 0 Å². The molecule has 0 radical (unpaired) electrons. The fourth-order valence-electron chi connectivity index (χ4n) is 2.44. The van der Waals surface area contributed by atoms with E-state index in [1.807, 2.05) is 18.8 Å². The predicted molar refractivity (Wildman–Crippen MR) is 115 cm³/mol. The van der Waals surface area contributed by atoms with Crippen molar-refractivity contribution in [3.63, 3.8) is 0 Å². The normalized spacial score (nSPS) is 15.0. The zero-order valence-electron chi connectivity index (χ0n) is 14.2. The van der Waals surface area contributed by atoms with Gasteiger partial charge in [-0.2, -0.15) is 11.8 Å². The van der Waals surface area contributed by atoms with E-state index in [2.05, 4.69) is 51.7 Å². The van der Waals surface area contributed by atoms with Crippen LogP contribution in [0.15, 0.2) is 29.3 Å². The second-order valence-electron chi connectivity index (χ2n) is 5.47. The van der Waals surface area contributed by atoms with Crippen molar-refractivity contribution >= 4 is 47.4 Å². The van der Waals surface area contributed by atoms with Crippen LogP contribution in [0.4, 0.5) is 5.69 Å². The Morgan fingerprint density at radius 3 is 2.48 bits per heavy atom. The minimum Gasteiger partial charge on any atom is -0.370 e. The number of aliphatic imine (C=N–C) groups is 1. The number of nitrogens with one attached hydrogen (secondary N) is 2. The highest BCUT2D eigenvalue weighted by Crippen LogP contribution is 2.19. The summed E-state index contributed by atoms with van der Waals surface area (Å²) in [6, 6.07) is 8.90. The molecule has 0 aromatic heterocycles. The molecule has 0 aliphatic carbocycles. The van der Waals surface area contributed by atoms with Crippen molar-refractivity contribution in [3.05, 3.63) is 29.8 Å². The van der Waals surface area contributed by atoms with Gasteiger partial charge in [0.15, 0.2) is 5.96 Å². The van der Waals surface area contributed by atoms with E-state index >= 15 is 0 Å². The SMILES string of the molecule is CCCCNC(=NC)NCc1ccc(N2CCSCC2)cc1.I. The van der Waals surface area contributed by atoms with Crippen LogP contribution in [0.5, 0.6) is 0 Å². The zero-order valence-corrected chi connectivity index (χ0v) is 17.3. The van der Waals surface area contributed by atoms with Crippen molar-refractivity contribution in [3.8, 4) is 0 Å². The highest BCUT2D eigenvalue weighted by Gasteiger charge is 2.10. The fraction of sp³-hybridized carbons (Fsp3) is 0.588. The lowest BCUT2D eigenvalue weighted by molar-refractivity contribution is 0.729. The van der Waals surface area contributed by atoms with Crippen LogP contribution in [0, 0.1) is 0 Å². The summed E-state index contributed by atoms with van der Waals surface area (Å²) in [6.07, 6.45) is 2.37. The smallest absolute Gasteiger partial charge is 0.191 e. The Morgan fingerprint density at radius 1 is 1.17 bits per heavy atom. The van der Waals surface area contributed by atoms with E-state index in [9.17, 15) is 0 Å². The maximum atomic E-state index is 4.25. The van der Waals surface area contributed by atoms with Crippen LogP contribution < -0.4 is 15.5 Å². The van der Waals surface area contributed by atoms with Gasteiger partial charge in [0.1, 0.15) is 0 Å². The van der Waals surface area contributed by atoms with Gasteiger partial charge in [0.2, 0.25) is 0 Å². The standard InChI is InChI=1S/C17H28N4S.HI/c1-3-4-9-19-17(18-2)20-14-15-5-7-16(8-6-15)21-10-12-22-13-11-21;/h5-8H,3-4,9-14H2,1-2H3,(H2,18,19,20);1H. The summed E-state index contributed by atoms with van der Waals surface area (Å²) in [4.78, 5) is 6.72. The van der Waals surface area contributed by atoms with Gasteiger partial charge in [-0.1, -0.05) is 25.5 Å². The van der Waals surface area contributed by atoms with E-state index in [1.165, 1.54) is 35.6 Å². The molecule has 0 atom stereocenters. The number of halogens is 1. The largest absolute Gasteiger partial charge is 0.370 e. The molecule has 0 bridgehead atoms. The highest BCUT2D eigenvalue weighted by molar-refractivity contribution is 14.0. The molecule has 1 saturated heterocycles. The van der Waals surface area contributed by atoms with Crippen molar-refractivity contribution in [2.75, 3.05) is 43.1 Å². The summed E-state index contributed by atoms with van der Waals surface area (Å²) in [5.41, 5.74) is 2.63. The van der Waals surface area contributed by atoms with Crippen molar-refractivity contribution in [2.24, 2.45) is 4.99 Å². The maximum absolute atomic E-state index is 4.25. The minimum absolute atomic E-state index is 0. The predicted octanol–water partition coefficient (Wildman–Crippen LogP) is 3.32. The second kappa shape index (κ2) is 11.8. The first-order valence-corrected chi connectivity index (χ1v) is 9.35. The number of rotatable bonds is 6. The molecule has 1 aromatic rings. The topological polar surface area (TPSA) is 39.7 Å². The number of hydrogen-bond donors (Lipinski definition) is 2.